The van der Waals surface area contributed by atoms with Crippen molar-refractivity contribution < 1.29 is 14.2 Å². The minimum Gasteiger partial charge on any atom is -0.489 e. The Morgan fingerprint density at radius 3 is 2.79 bits per heavy atom. The average Bonchev–Trinajstić information content (AvgIpc) is 2.85. The van der Waals surface area contributed by atoms with E-state index in [9.17, 15) is 0 Å². The first-order valence-electron chi connectivity index (χ1n) is 5.79. The van der Waals surface area contributed by atoms with Gasteiger partial charge in [0.15, 0.2) is 11.5 Å². The van der Waals surface area contributed by atoms with Crippen LogP contribution in [0.4, 0.5) is 5.69 Å². The van der Waals surface area contributed by atoms with E-state index in [1.165, 1.54) is 0 Å². The molecule has 0 amide bonds. The molecule has 0 radical (unpaired) electrons. The van der Waals surface area contributed by atoms with Crippen LogP contribution in [-0.2, 0) is 6.61 Å². The summed E-state index contributed by atoms with van der Waals surface area (Å²) in [6.45, 7) is 0.678. The van der Waals surface area contributed by atoms with Crippen LogP contribution in [0.3, 0.4) is 0 Å². The van der Waals surface area contributed by atoms with Gasteiger partial charge in [-0.05, 0) is 24.3 Å². The zero-order valence-corrected chi connectivity index (χ0v) is 11.6. The first kappa shape index (κ1) is 12.2. The highest BCUT2D eigenvalue weighted by Crippen LogP contribution is 2.35. The number of ether oxygens (including phenoxy) is 3. The third-order valence-electron chi connectivity index (χ3n) is 2.85. The molecule has 0 saturated carbocycles. The predicted octanol–water partition coefficient (Wildman–Crippen LogP) is 3.34. The molecule has 5 heteroatoms. The maximum Gasteiger partial charge on any atom is 0.231 e. The summed E-state index contributed by atoms with van der Waals surface area (Å²) in [6.07, 6.45) is 0. The first-order chi connectivity index (χ1) is 9.22. The van der Waals surface area contributed by atoms with Gasteiger partial charge in [-0.1, -0.05) is 22.0 Å². The molecule has 0 aromatic heterocycles. The molecule has 3 rings (SSSR count). The Bertz CT molecular complexity index is 616. The van der Waals surface area contributed by atoms with E-state index in [4.69, 9.17) is 19.9 Å². The lowest BCUT2D eigenvalue weighted by molar-refractivity contribution is 0.173. The van der Waals surface area contributed by atoms with Gasteiger partial charge < -0.3 is 19.9 Å². The second-order valence-corrected chi connectivity index (χ2v) is 5.06. The van der Waals surface area contributed by atoms with E-state index in [1.54, 1.807) is 0 Å². The number of rotatable bonds is 3. The summed E-state index contributed by atoms with van der Waals surface area (Å²) in [5.74, 6) is 2.18. The fourth-order valence-corrected chi connectivity index (χ4v) is 2.20. The van der Waals surface area contributed by atoms with E-state index in [2.05, 4.69) is 15.9 Å². The number of hydrogen-bond acceptors (Lipinski definition) is 4. The first-order valence-corrected chi connectivity index (χ1v) is 6.58. The van der Waals surface area contributed by atoms with Gasteiger partial charge >= 0.3 is 0 Å². The second kappa shape index (κ2) is 5.01. The van der Waals surface area contributed by atoms with Crippen molar-refractivity contribution in [2.75, 3.05) is 12.5 Å². The van der Waals surface area contributed by atoms with Gasteiger partial charge in [0.05, 0.1) is 0 Å². The van der Waals surface area contributed by atoms with Gasteiger partial charge in [-0.25, -0.2) is 0 Å². The molecule has 0 spiro atoms. The third-order valence-corrected chi connectivity index (χ3v) is 3.34. The Morgan fingerprint density at radius 2 is 1.95 bits per heavy atom. The molecule has 0 unspecified atom stereocenters. The number of nitrogen functional groups attached to an aromatic ring is 1. The highest BCUT2D eigenvalue weighted by Gasteiger charge is 2.13. The molecule has 98 valence electrons. The summed E-state index contributed by atoms with van der Waals surface area (Å²) in [7, 11) is 0. The number of fused-ring (bicyclic) bond motifs is 1. The molecular weight excluding hydrogens is 310 g/mol. The highest BCUT2D eigenvalue weighted by atomic mass is 79.9. The van der Waals surface area contributed by atoms with E-state index in [0.717, 1.165) is 21.5 Å². The summed E-state index contributed by atoms with van der Waals surface area (Å²) in [6, 6.07) is 11.2. The monoisotopic (exact) mass is 321 g/mol. The molecule has 2 N–H and O–H groups in total. The van der Waals surface area contributed by atoms with Gasteiger partial charge in [0.2, 0.25) is 6.79 Å². The van der Waals surface area contributed by atoms with Crippen molar-refractivity contribution in [2.45, 2.75) is 6.61 Å². The average molecular weight is 322 g/mol. The number of nitrogens with two attached hydrogens (primary N) is 1. The lowest BCUT2D eigenvalue weighted by atomic mass is 10.2. The number of halogens is 1. The number of hydrogen-bond donors (Lipinski definition) is 1. The van der Waals surface area contributed by atoms with Crippen LogP contribution in [0.1, 0.15) is 5.56 Å². The van der Waals surface area contributed by atoms with Crippen molar-refractivity contribution in [3.8, 4) is 17.2 Å². The largest absolute Gasteiger partial charge is 0.489 e. The molecular formula is C14H12BrNO3. The van der Waals surface area contributed by atoms with Crippen molar-refractivity contribution in [2.24, 2.45) is 0 Å². The van der Waals surface area contributed by atoms with Crippen molar-refractivity contribution >= 4 is 21.6 Å². The maximum absolute atomic E-state index is 5.92. The normalized spacial score (nSPS) is 12.5. The topological polar surface area (TPSA) is 53.7 Å². The Hall–Kier alpha value is -1.88. The minimum atomic E-state index is 0.262. The molecule has 0 fully saturated rings. The van der Waals surface area contributed by atoms with Crippen LogP contribution in [0.5, 0.6) is 17.2 Å². The van der Waals surface area contributed by atoms with Gasteiger partial charge in [-0.3, -0.25) is 0 Å². The molecule has 0 atom stereocenters. The molecule has 1 aliphatic rings. The van der Waals surface area contributed by atoms with E-state index in [1.807, 2.05) is 36.4 Å². The fraction of sp³-hybridized carbons (Fsp3) is 0.143. The Morgan fingerprint density at radius 1 is 1.11 bits per heavy atom. The number of anilines is 1. The summed E-state index contributed by atoms with van der Waals surface area (Å²) in [5.41, 5.74) is 7.57. The quantitative estimate of drug-likeness (QED) is 0.881. The standard InChI is InChI=1S/C14H12BrNO3/c15-10-2-1-9(12(16)5-10)7-17-11-3-4-13-14(6-11)19-8-18-13/h1-6H,7-8,16H2. The molecule has 4 nitrogen and oxygen atoms in total. The summed E-state index contributed by atoms with van der Waals surface area (Å²) >= 11 is 3.37. The van der Waals surface area contributed by atoms with Gasteiger partial charge in [-0.2, -0.15) is 0 Å². The Kier molecular flexibility index (Phi) is 3.21. The van der Waals surface area contributed by atoms with Crippen LogP contribution in [0.25, 0.3) is 0 Å². The Labute approximate surface area is 119 Å². The molecule has 0 bridgehead atoms. The summed E-state index contributed by atoms with van der Waals surface area (Å²) in [4.78, 5) is 0. The molecule has 0 aliphatic carbocycles. The third kappa shape index (κ3) is 2.61. The van der Waals surface area contributed by atoms with Crippen LogP contribution in [0.2, 0.25) is 0 Å². The summed E-state index contributed by atoms with van der Waals surface area (Å²) < 4.78 is 17.2. The minimum absolute atomic E-state index is 0.262. The van der Waals surface area contributed by atoms with Crippen molar-refractivity contribution in [1.29, 1.82) is 0 Å². The summed E-state index contributed by atoms with van der Waals surface area (Å²) in [5, 5.41) is 0. The molecule has 2 aromatic rings. The maximum atomic E-state index is 5.92. The molecule has 2 aromatic carbocycles. The highest BCUT2D eigenvalue weighted by molar-refractivity contribution is 9.10. The van der Waals surface area contributed by atoms with Crippen molar-refractivity contribution in [3.05, 3.63) is 46.4 Å². The van der Waals surface area contributed by atoms with E-state index in [-0.39, 0.29) is 6.79 Å². The van der Waals surface area contributed by atoms with Gasteiger partial charge in [0, 0.05) is 21.8 Å². The van der Waals surface area contributed by atoms with E-state index < -0.39 is 0 Å². The lowest BCUT2D eigenvalue weighted by Crippen LogP contribution is -2.00. The molecule has 19 heavy (non-hydrogen) atoms. The molecule has 0 saturated heterocycles. The van der Waals surface area contributed by atoms with Gasteiger partial charge in [-0.15, -0.1) is 0 Å². The molecule has 1 heterocycles. The van der Waals surface area contributed by atoms with Crippen LogP contribution in [0, 0.1) is 0 Å². The molecule has 1 aliphatic heterocycles. The Balaban J connectivity index is 1.72. The van der Waals surface area contributed by atoms with Crippen molar-refractivity contribution in [1.82, 2.24) is 0 Å². The smallest absolute Gasteiger partial charge is 0.231 e. The number of benzene rings is 2. The van der Waals surface area contributed by atoms with Crippen LogP contribution in [0.15, 0.2) is 40.9 Å². The fourth-order valence-electron chi connectivity index (χ4n) is 1.82. The zero-order chi connectivity index (χ0) is 13.2. The second-order valence-electron chi connectivity index (χ2n) is 4.15. The zero-order valence-electron chi connectivity index (χ0n) is 10.1. The van der Waals surface area contributed by atoms with Gasteiger partial charge in [0.1, 0.15) is 12.4 Å². The van der Waals surface area contributed by atoms with Gasteiger partial charge in [0.25, 0.3) is 0 Å². The predicted molar refractivity (Wildman–Crippen MR) is 75.5 cm³/mol. The van der Waals surface area contributed by atoms with Crippen LogP contribution >= 0.6 is 15.9 Å². The lowest BCUT2D eigenvalue weighted by Gasteiger charge is -2.09. The van der Waals surface area contributed by atoms with Crippen LogP contribution < -0.4 is 19.9 Å². The van der Waals surface area contributed by atoms with E-state index >= 15 is 0 Å². The van der Waals surface area contributed by atoms with E-state index in [0.29, 0.717) is 18.0 Å². The van der Waals surface area contributed by atoms with Crippen molar-refractivity contribution in [3.63, 3.8) is 0 Å². The van der Waals surface area contributed by atoms with Crippen LogP contribution in [-0.4, -0.2) is 6.79 Å². The SMILES string of the molecule is Nc1cc(Br)ccc1COc1ccc2c(c1)OCO2.